The lowest BCUT2D eigenvalue weighted by Gasteiger charge is -2.10. The van der Waals surface area contributed by atoms with Gasteiger partial charge in [-0.1, -0.05) is 18.3 Å². The molecule has 96 valence electrons. The van der Waals surface area contributed by atoms with Crippen molar-refractivity contribution in [1.29, 1.82) is 0 Å². The van der Waals surface area contributed by atoms with Crippen LogP contribution in [0.5, 0.6) is 0 Å². The lowest BCUT2D eigenvalue weighted by atomic mass is 10.1. The number of hydrogen-bond acceptors (Lipinski definition) is 3. The van der Waals surface area contributed by atoms with Gasteiger partial charge in [0.15, 0.2) is 0 Å². The normalized spacial score (nSPS) is 9.95. The van der Waals surface area contributed by atoms with E-state index in [9.17, 15) is 9.18 Å². The van der Waals surface area contributed by atoms with Crippen LogP contribution in [0.25, 0.3) is 0 Å². The first-order valence-electron chi connectivity index (χ1n) is 5.39. The molecule has 1 amide bonds. The largest absolute Gasteiger partial charge is 0.389 e. The molecular weight excluding hydrogens is 265 g/mol. The van der Waals surface area contributed by atoms with Gasteiger partial charge in [0.05, 0.1) is 16.8 Å². The van der Waals surface area contributed by atoms with E-state index in [0.717, 1.165) is 0 Å². The van der Waals surface area contributed by atoms with E-state index in [4.69, 9.17) is 18.0 Å². The molecule has 0 unspecified atom stereocenters. The van der Waals surface area contributed by atoms with Gasteiger partial charge in [-0.2, -0.15) is 0 Å². The molecule has 0 aliphatic rings. The summed E-state index contributed by atoms with van der Waals surface area (Å²) in [5.74, 6) is -0.979. The van der Waals surface area contributed by atoms with Crippen LogP contribution in [0.15, 0.2) is 42.7 Å². The van der Waals surface area contributed by atoms with E-state index in [1.54, 1.807) is 18.3 Å². The number of nitrogens with one attached hydrogen (secondary N) is 1. The van der Waals surface area contributed by atoms with E-state index in [0.29, 0.717) is 5.56 Å². The number of amides is 1. The molecule has 0 aliphatic heterocycles. The molecule has 1 aromatic heterocycles. The lowest BCUT2D eigenvalue weighted by molar-refractivity contribution is 0.102. The molecule has 0 saturated heterocycles. The molecule has 3 N–H and O–H groups in total. The molecule has 4 nitrogen and oxygen atoms in total. The molecule has 1 aromatic carbocycles. The molecule has 0 radical (unpaired) electrons. The third-order valence-electron chi connectivity index (χ3n) is 2.43. The van der Waals surface area contributed by atoms with Crippen molar-refractivity contribution in [3.63, 3.8) is 0 Å². The summed E-state index contributed by atoms with van der Waals surface area (Å²) in [5, 5.41) is 2.56. The van der Waals surface area contributed by atoms with Crippen molar-refractivity contribution in [1.82, 2.24) is 4.98 Å². The third kappa shape index (κ3) is 2.92. The van der Waals surface area contributed by atoms with Gasteiger partial charge in [-0.3, -0.25) is 9.78 Å². The number of pyridine rings is 1. The van der Waals surface area contributed by atoms with Crippen LogP contribution in [0.3, 0.4) is 0 Å². The summed E-state index contributed by atoms with van der Waals surface area (Å²) in [7, 11) is 0. The molecular formula is C13H10FN3OS. The van der Waals surface area contributed by atoms with Crippen molar-refractivity contribution >= 4 is 28.8 Å². The molecule has 0 saturated carbocycles. The number of thiocarbonyl (C=S) groups is 1. The Hall–Kier alpha value is -2.34. The van der Waals surface area contributed by atoms with Crippen molar-refractivity contribution in [2.24, 2.45) is 5.73 Å². The Bertz CT molecular complexity index is 631. The second-order valence-electron chi connectivity index (χ2n) is 3.72. The lowest BCUT2D eigenvalue weighted by Crippen LogP contribution is -2.19. The number of aromatic nitrogens is 1. The summed E-state index contributed by atoms with van der Waals surface area (Å²) in [5.41, 5.74) is 6.08. The first-order chi connectivity index (χ1) is 9.09. The van der Waals surface area contributed by atoms with Gasteiger partial charge in [-0.25, -0.2) is 4.39 Å². The van der Waals surface area contributed by atoms with Crippen molar-refractivity contribution in [3.8, 4) is 0 Å². The number of benzene rings is 1. The number of rotatable bonds is 3. The predicted octanol–water partition coefficient (Wildman–Crippen LogP) is 2.11. The SMILES string of the molecule is NC(=S)c1c(F)cccc1NC(=O)c1cccnc1. The van der Waals surface area contributed by atoms with Crippen LogP contribution < -0.4 is 11.1 Å². The Kier molecular flexibility index (Phi) is 3.82. The van der Waals surface area contributed by atoms with Crippen LogP contribution in [-0.2, 0) is 0 Å². The van der Waals surface area contributed by atoms with Gasteiger partial charge in [0.2, 0.25) is 0 Å². The van der Waals surface area contributed by atoms with Crippen LogP contribution >= 0.6 is 12.2 Å². The van der Waals surface area contributed by atoms with Gasteiger partial charge in [0.25, 0.3) is 5.91 Å². The van der Waals surface area contributed by atoms with Crippen LogP contribution in [0.4, 0.5) is 10.1 Å². The van der Waals surface area contributed by atoms with Crippen LogP contribution in [0, 0.1) is 5.82 Å². The quantitative estimate of drug-likeness (QED) is 0.842. The number of carbonyl (C=O) groups excluding carboxylic acids is 1. The summed E-state index contributed by atoms with van der Waals surface area (Å²) in [6.45, 7) is 0. The molecule has 0 spiro atoms. The van der Waals surface area contributed by atoms with Crippen molar-refractivity contribution in [3.05, 3.63) is 59.7 Å². The van der Waals surface area contributed by atoms with Gasteiger partial charge in [-0.05, 0) is 24.3 Å². The highest BCUT2D eigenvalue weighted by Gasteiger charge is 2.14. The van der Waals surface area contributed by atoms with E-state index in [2.05, 4.69) is 10.3 Å². The van der Waals surface area contributed by atoms with Gasteiger partial charge >= 0.3 is 0 Å². The molecule has 0 fully saturated rings. The highest BCUT2D eigenvalue weighted by atomic mass is 32.1. The Morgan fingerprint density at radius 3 is 2.74 bits per heavy atom. The summed E-state index contributed by atoms with van der Waals surface area (Å²) in [6, 6.07) is 7.47. The Morgan fingerprint density at radius 1 is 1.32 bits per heavy atom. The van der Waals surface area contributed by atoms with Crippen LogP contribution in [0.2, 0.25) is 0 Å². The summed E-state index contributed by atoms with van der Waals surface area (Å²) in [6.07, 6.45) is 2.97. The number of hydrogen-bond donors (Lipinski definition) is 2. The Morgan fingerprint density at radius 2 is 2.11 bits per heavy atom. The minimum Gasteiger partial charge on any atom is -0.389 e. The van der Waals surface area contributed by atoms with Gasteiger partial charge in [0, 0.05) is 12.4 Å². The molecule has 2 rings (SSSR count). The second kappa shape index (κ2) is 5.53. The van der Waals surface area contributed by atoms with Crippen LogP contribution in [-0.4, -0.2) is 15.9 Å². The van der Waals surface area contributed by atoms with Crippen molar-refractivity contribution in [2.75, 3.05) is 5.32 Å². The molecule has 2 aromatic rings. The maximum Gasteiger partial charge on any atom is 0.257 e. The first kappa shape index (κ1) is 13.1. The van der Waals surface area contributed by atoms with Crippen LogP contribution in [0.1, 0.15) is 15.9 Å². The maximum absolute atomic E-state index is 13.6. The van der Waals surface area contributed by atoms with E-state index in [-0.39, 0.29) is 16.2 Å². The van der Waals surface area contributed by atoms with Gasteiger partial charge in [0.1, 0.15) is 10.8 Å². The smallest absolute Gasteiger partial charge is 0.257 e. The number of halogens is 1. The Balaban J connectivity index is 2.32. The fourth-order valence-electron chi connectivity index (χ4n) is 1.57. The summed E-state index contributed by atoms with van der Waals surface area (Å²) < 4.78 is 13.6. The van der Waals surface area contributed by atoms with Crippen molar-refractivity contribution in [2.45, 2.75) is 0 Å². The van der Waals surface area contributed by atoms with E-state index < -0.39 is 11.7 Å². The summed E-state index contributed by atoms with van der Waals surface area (Å²) >= 11 is 4.78. The minimum absolute atomic E-state index is 0.0229. The third-order valence-corrected chi connectivity index (χ3v) is 2.64. The fourth-order valence-corrected chi connectivity index (χ4v) is 1.78. The number of nitrogens with zero attached hydrogens (tertiary/aromatic N) is 1. The van der Waals surface area contributed by atoms with E-state index in [1.165, 1.54) is 24.4 Å². The molecule has 1 heterocycles. The maximum atomic E-state index is 13.6. The number of carbonyl (C=O) groups is 1. The Labute approximate surface area is 114 Å². The van der Waals surface area contributed by atoms with Crippen molar-refractivity contribution < 1.29 is 9.18 Å². The highest BCUT2D eigenvalue weighted by Crippen LogP contribution is 2.19. The molecule has 0 atom stereocenters. The molecule has 0 aliphatic carbocycles. The summed E-state index contributed by atoms with van der Waals surface area (Å²) in [4.78, 5) is 15.7. The zero-order chi connectivity index (χ0) is 13.8. The number of nitrogens with two attached hydrogens (primary N) is 1. The van der Waals surface area contributed by atoms with E-state index >= 15 is 0 Å². The monoisotopic (exact) mass is 275 g/mol. The second-order valence-corrected chi connectivity index (χ2v) is 4.16. The highest BCUT2D eigenvalue weighted by molar-refractivity contribution is 7.80. The molecule has 6 heteroatoms. The predicted molar refractivity (Wildman–Crippen MR) is 74.5 cm³/mol. The zero-order valence-corrected chi connectivity index (χ0v) is 10.6. The minimum atomic E-state index is -0.573. The fraction of sp³-hybridized carbons (Fsp3) is 0. The average Bonchev–Trinajstić information content (AvgIpc) is 2.39. The zero-order valence-electron chi connectivity index (χ0n) is 9.76. The van der Waals surface area contributed by atoms with Gasteiger partial charge < -0.3 is 11.1 Å². The topological polar surface area (TPSA) is 68.0 Å². The number of anilines is 1. The molecule has 0 bridgehead atoms. The molecule has 19 heavy (non-hydrogen) atoms. The standard InChI is InChI=1S/C13H10FN3OS/c14-9-4-1-5-10(11(9)12(15)19)17-13(18)8-3-2-6-16-7-8/h1-7H,(H2,15,19)(H,17,18). The van der Waals surface area contributed by atoms with Gasteiger partial charge in [-0.15, -0.1) is 0 Å². The average molecular weight is 275 g/mol. The van der Waals surface area contributed by atoms with E-state index in [1.807, 2.05) is 0 Å². The first-order valence-corrected chi connectivity index (χ1v) is 5.80.